The van der Waals surface area contributed by atoms with Crippen molar-refractivity contribution in [2.24, 2.45) is 0 Å². The molecule has 2 aliphatic rings. The number of amides is 2. The average Bonchev–Trinajstić information content (AvgIpc) is 3.90. The van der Waals surface area contributed by atoms with Gasteiger partial charge in [-0.3, -0.25) is 0 Å². The molecule has 6 atom stereocenters. The summed E-state index contributed by atoms with van der Waals surface area (Å²) in [6, 6.07) is 11.0. The number of rotatable bonds is 6. The second-order valence-corrected chi connectivity index (χ2v) is 17.0. The summed E-state index contributed by atoms with van der Waals surface area (Å²) in [6.07, 6.45) is -11.1. The number of aliphatic hydroxyl groups is 1. The van der Waals surface area contributed by atoms with Gasteiger partial charge < -0.3 is 28.8 Å². The van der Waals surface area contributed by atoms with Gasteiger partial charge in [0.2, 0.25) is 5.13 Å². The molecular weight excluding hydrogens is 821 g/mol. The van der Waals surface area contributed by atoms with Crippen LogP contribution in [0.4, 0.5) is 27.9 Å². The van der Waals surface area contributed by atoms with E-state index in [4.69, 9.17) is 35.3 Å². The van der Waals surface area contributed by atoms with Crippen molar-refractivity contribution in [3.63, 3.8) is 0 Å². The molecule has 1 N–H and O–H groups in total. The van der Waals surface area contributed by atoms with E-state index < -0.39 is 77.6 Å². The largest absolute Gasteiger partial charge is 0.443 e. The molecule has 3 aromatic heterocycles. The van der Waals surface area contributed by atoms with E-state index >= 15 is 0 Å². The van der Waals surface area contributed by atoms with E-state index in [0.717, 1.165) is 34.2 Å². The number of hydrogen-bond acceptors (Lipinski definition) is 14. The first kappa shape index (κ1) is 42.1. The molecule has 5 heterocycles. The zero-order valence-corrected chi connectivity index (χ0v) is 34.3. The van der Waals surface area contributed by atoms with Crippen LogP contribution in [0, 0.1) is 6.92 Å². The van der Waals surface area contributed by atoms with Gasteiger partial charge in [0.1, 0.15) is 58.9 Å². The molecule has 16 nitrogen and oxygen atoms in total. The molecule has 3 unspecified atom stereocenters. The number of benzene rings is 2. The molecule has 2 amide bonds. The number of hydrogen-bond donors (Lipinski definition) is 1. The Kier molecular flexibility index (Phi) is 11.3. The van der Waals surface area contributed by atoms with Crippen LogP contribution in [-0.2, 0) is 29.9 Å². The van der Waals surface area contributed by atoms with Crippen molar-refractivity contribution in [1.82, 2.24) is 34.7 Å². The third-order valence-corrected chi connectivity index (χ3v) is 9.91. The first-order chi connectivity index (χ1) is 27.7. The lowest BCUT2D eigenvalue weighted by Gasteiger charge is -2.47. The Morgan fingerprint density at radius 3 is 2.29 bits per heavy atom. The van der Waals surface area contributed by atoms with E-state index in [1.165, 1.54) is 17.8 Å². The normalized spacial score (nSPS) is 22.4. The number of carbonyl (C=O) groups is 2. The number of alkyl halides is 3. The van der Waals surface area contributed by atoms with Gasteiger partial charge in [-0.05, 0) is 66.7 Å². The molecule has 2 saturated heterocycles. The van der Waals surface area contributed by atoms with Gasteiger partial charge >= 0.3 is 18.4 Å². The number of aliphatic hydroxyl groups excluding tert-OH is 1. The van der Waals surface area contributed by atoms with Gasteiger partial charge in [-0.1, -0.05) is 47.1 Å². The second-order valence-electron chi connectivity index (χ2n) is 15.7. The smallest absolute Gasteiger partial charge is 0.426 e. The van der Waals surface area contributed by atoms with Crippen LogP contribution in [0.1, 0.15) is 82.8 Å². The minimum Gasteiger partial charge on any atom is -0.443 e. The number of carbonyl (C=O) groups excluding carboxylic acids is 2. The number of ether oxygens (including phenoxy) is 5. The highest BCUT2D eigenvalue weighted by atomic mass is 35.5. The lowest BCUT2D eigenvalue weighted by Crippen LogP contribution is -2.57. The molecule has 0 radical (unpaired) electrons. The van der Waals surface area contributed by atoms with Crippen molar-refractivity contribution in [2.75, 3.05) is 11.5 Å². The summed E-state index contributed by atoms with van der Waals surface area (Å²) in [6.45, 7) is 11.3. The SMILES string of the molecule is Cc1nc([C@@H]2OC3COC(c4ccccc4)O[C@@H]3[C@H](n3cc(-c4csc(N(C(=O)OC(C)(C)C)C(=O)OC(C)(C)C)n4)nn3)C2O)n(-c2cc(Cl)ccc2C(F)(F)F)n1. The molecule has 0 saturated carbocycles. The van der Waals surface area contributed by atoms with E-state index in [-0.39, 0.29) is 39.8 Å². The van der Waals surface area contributed by atoms with Gasteiger partial charge in [0.25, 0.3) is 0 Å². The molecule has 5 aromatic rings. The minimum absolute atomic E-state index is 0.0110. The van der Waals surface area contributed by atoms with Gasteiger partial charge in [0, 0.05) is 16.0 Å². The number of halogens is 4. The molecule has 0 bridgehead atoms. The summed E-state index contributed by atoms with van der Waals surface area (Å²) in [7, 11) is 0. The Hall–Kier alpha value is -4.99. The fraction of sp³-hybridized carbons (Fsp3) is 0.447. The van der Waals surface area contributed by atoms with Crippen molar-refractivity contribution < 1.29 is 51.6 Å². The Labute approximate surface area is 344 Å². The van der Waals surface area contributed by atoms with Crippen LogP contribution in [0.3, 0.4) is 0 Å². The van der Waals surface area contributed by atoms with E-state index in [0.29, 0.717) is 10.5 Å². The Morgan fingerprint density at radius 2 is 1.64 bits per heavy atom. The number of thiazole rings is 1. The van der Waals surface area contributed by atoms with Crippen LogP contribution in [0.15, 0.2) is 60.1 Å². The first-order valence-corrected chi connectivity index (χ1v) is 19.5. The molecule has 2 aliphatic heterocycles. The monoisotopic (exact) mass is 860 g/mol. The molecule has 0 spiro atoms. The lowest BCUT2D eigenvalue weighted by atomic mass is 9.91. The van der Waals surface area contributed by atoms with Crippen LogP contribution in [0.2, 0.25) is 5.02 Å². The fourth-order valence-electron chi connectivity index (χ4n) is 6.49. The Bertz CT molecular complexity index is 2300. The standard InChI is InChI=1S/C38H40ClF3N8O8S/c1-19-43-31(50(46-19)25-15-21(39)13-14-22(25)38(40,41)42)30-28(51)27(29-26(55-30)17-54-32(56-29)20-11-9-8-10-12-20)48-16-23(45-47-48)24-18-59-33(44-24)49(34(52)57-36(2,3)4)35(53)58-37(5,6)7/h8-16,18,26-30,32,51H,17H2,1-7H3/t26?,27-,28?,29+,30-,32?/m1/s1. The van der Waals surface area contributed by atoms with Gasteiger partial charge in [-0.15, -0.1) is 16.4 Å². The van der Waals surface area contributed by atoms with Gasteiger partial charge in [0.15, 0.2) is 12.1 Å². The van der Waals surface area contributed by atoms with Gasteiger partial charge in [0.05, 0.1) is 24.1 Å². The minimum atomic E-state index is -4.79. The third-order valence-electron chi connectivity index (χ3n) is 8.85. The van der Waals surface area contributed by atoms with Gasteiger partial charge in [-0.2, -0.15) is 23.2 Å². The number of fused-ring (bicyclic) bond motifs is 1. The Morgan fingerprint density at radius 1 is 0.966 bits per heavy atom. The number of aromatic nitrogens is 7. The van der Waals surface area contributed by atoms with E-state index in [1.54, 1.807) is 46.9 Å². The summed E-state index contributed by atoms with van der Waals surface area (Å²) < 4.78 is 75.1. The number of aryl methyl sites for hydroxylation is 1. The van der Waals surface area contributed by atoms with Gasteiger partial charge in [-0.25, -0.2) is 28.9 Å². The summed E-state index contributed by atoms with van der Waals surface area (Å²) in [5.41, 5.74) is -2.31. The first-order valence-electron chi connectivity index (χ1n) is 18.3. The highest BCUT2D eigenvalue weighted by Crippen LogP contribution is 2.45. The van der Waals surface area contributed by atoms with Crippen molar-refractivity contribution >= 4 is 40.3 Å². The highest BCUT2D eigenvalue weighted by Gasteiger charge is 2.53. The molecule has 2 fully saturated rings. The molecule has 0 aliphatic carbocycles. The lowest BCUT2D eigenvalue weighted by molar-refractivity contribution is -0.319. The zero-order chi connectivity index (χ0) is 42.6. The highest BCUT2D eigenvalue weighted by molar-refractivity contribution is 7.14. The Balaban J connectivity index is 1.27. The van der Waals surface area contributed by atoms with Crippen LogP contribution in [0.5, 0.6) is 0 Å². The van der Waals surface area contributed by atoms with Crippen molar-refractivity contribution in [1.29, 1.82) is 0 Å². The topological polar surface area (TPSA) is 178 Å². The summed E-state index contributed by atoms with van der Waals surface area (Å²) in [4.78, 5) is 36.2. The molecule has 7 rings (SSSR count). The van der Waals surface area contributed by atoms with Crippen molar-refractivity contribution in [3.05, 3.63) is 87.9 Å². The maximum atomic E-state index is 14.3. The third kappa shape index (κ3) is 9.12. The summed E-state index contributed by atoms with van der Waals surface area (Å²) >= 11 is 7.13. The predicted octanol–water partition coefficient (Wildman–Crippen LogP) is 7.80. The van der Waals surface area contributed by atoms with Crippen LogP contribution >= 0.6 is 22.9 Å². The quantitative estimate of drug-likeness (QED) is 0.175. The van der Waals surface area contributed by atoms with E-state index in [9.17, 15) is 27.9 Å². The maximum absolute atomic E-state index is 14.3. The summed E-state index contributed by atoms with van der Waals surface area (Å²) in [5.74, 6) is -0.0534. The van der Waals surface area contributed by atoms with Crippen molar-refractivity contribution in [3.8, 4) is 17.1 Å². The van der Waals surface area contributed by atoms with Crippen LogP contribution in [-0.4, -0.2) is 88.2 Å². The predicted molar refractivity (Wildman–Crippen MR) is 205 cm³/mol. The fourth-order valence-corrected chi connectivity index (χ4v) is 7.46. The maximum Gasteiger partial charge on any atom is 0.426 e. The number of nitrogens with zero attached hydrogens (tertiary/aromatic N) is 8. The molecular formula is C38H40ClF3N8O8S. The van der Waals surface area contributed by atoms with Crippen molar-refractivity contribution in [2.45, 2.75) is 103 Å². The average molecular weight is 861 g/mol. The molecule has 59 heavy (non-hydrogen) atoms. The number of anilines is 1. The van der Waals surface area contributed by atoms with Crippen LogP contribution < -0.4 is 4.90 Å². The van der Waals surface area contributed by atoms with Crippen LogP contribution in [0.25, 0.3) is 17.1 Å². The number of imide groups is 1. The molecule has 21 heteroatoms. The van der Waals surface area contributed by atoms with E-state index in [2.05, 4.69) is 25.4 Å². The second kappa shape index (κ2) is 15.9. The summed E-state index contributed by atoms with van der Waals surface area (Å²) in [5, 5.41) is 26.7. The molecule has 2 aromatic carbocycles. The molecule has 314 valence electrons. The van der Waals surface area contributed by atoms with E-state index in [1.807, 2.05) is 30.3 Å². The zero-order valence-electron chi connectivity index (χ0n) is 32.7.